The van der Waals surface area contributed by atoms with Crippen molar-refractivity contribution < 1.29 is 4.74 Å². The molecule has 2 aromatic rings. The summed E-state index contributed by atoms with van der Waals surface area (Å²) in [5.41, 5.74) is 7.70. The average molecular weight is 614 g/mol. The molecule has 6 aliphatic carbocycles. The number of hydrogen-bond donors (Lipinski definition) is 0. The first-order valence-electron chi connectivity index (χ1n) is 17.4. The first-order chi connectivity index (χ1) is 23.2. The van der Waals surface area contributed by atoms with Crippen molar-refractivity contribution in [3.8, 4) is 5.75 Å². The second-order valence-corrected chi connectivity index (χ2v) is 13.7. The highest BCUT2D eigenvalue weighted by Gasteiger charge is 2.32. The molecule has 47 heavy (non-hydrogen) atoms. The molecule has 1 aromatic heterocycles. The van der Waals surface area contributed by atoms with E-state index in [1.54, 1.807) is 0 Å². The molecule has 4 nitrogen and oxygen atoms in total. The highest BCUT2D eigenvalue weighted by Crippen LogP contribution is 2.46. The first-order valence-corrected chi connectivity index (χ1v) is 17.4. The minimum atomic E-state index is 0.0997. The number of allylic oxidation sites excluding steroid dienone is 22. The second-order valence-electron chi connectivity index (χ2n) is 13.7. The third kappa shape index (κ3) is 5.50. The van der Waals surface area contributed by atoms with Crippen LogP contribution < -0.4 is 4.74 Å². The van der Waals surface area contributed by atoms with E-state index < -0.39 is 0 Å². The van der Waals surface area contributed by atoms with Gasteiger partial charge >= 0.3 is 0 Å². The fourth-order valence-corrected chi connectivity index (χ4v) is 8.09. The normalized spacial score (nSPS) is 28.6. The molecule has 4 heteroatoms. The van der Waals surface area contributed by atoms with Crippen LogP contribution in [0.1, 0.15) is 79.8 Å². The number of para-hydroxylation sites is 1. The number of aromatic nitrogens is 3. The molecule has 5 atom stereocenters. The third-order valence-corrected chi connectivity index (χ3v) is 10.7. The zero-order valence-corrected chi connectivity index (χ0v) is 26.6. The standard InChI is InChI=1S/C43H39N3O/c1-2-10-28(11-3-1)31-14-8-16-34(25-31)41-44-42(35-17-9-15-32(26-35)33-21-20-29-12-4-5-13-30(29)24-33)46-43(45-41)36-22-23-38-37-18-6-7-19-39(37)47-40(38)27-36/h1-3,5-10,13-15,17-19,21-22,24-25,27-29,32,34,38H,4,11-12,16,20,23,26H2. The predicted molar refractivity (Wildman–Crippen MR) is 189 cm³/mol. The van der Waals surface area contributed by atoms with Crippen LogP contribution in [0.3, 0.4) is 0 Å². The van der Waals surface area contributed by atoms with E-state index in [1.165, 1.54) is 40.7 Å². The smallest absolute Gasteiger partial charge is 0.163 e. The maximum Gasteiger partial charge on any atom is 0.163 e. The van der Waals surface area contributed by atoms with Gasteiger partial charge in [-0.15, -0.1) is 0 Å². The van der Waals surface area contributed by atoms with Crippen molar-refractivity contribution in [2.45, 2.75) is 56.8 Å². The Balaban J connectivity index is 1.06. The lowest BCUT2D eigenvalue weighted by molar-refractivity contribution is 0.426. The van der Waals surface area contributed by atoms with E-state index >= 15 is 0 Å². The summed E-state index contributed by atoms with van der Waals surface area (Å²) in [5.74, 6) is 6.07. The number of fused-ring (bicyclic) bond motifs is 4. The zero-order chi connectivity index (χ0) is 31.2. The van der Waals surface area contributed by atoms with Crippen LogP contribution in [0.2, 0.25) is 0 Å². The Morgan fingerprint density at radius 2 is 1.60 bits per heavy atom. The van der Waals surface area contributed by atoms with E-state index in [2.05, 4.69) is 115 Å². The van der Waals surface area contributed by atoms with Crippen LogP contribution >= 0.6 is 0 Å². The molecule has 0 saturated carbocycles. The van der Waals surface area contributed by atoms with Crippen LogP contribution in [0.5, 0.6) is 5.75 Å². The van der Waals surface area contributed by atoms with E-state index in [9.17, 15) is 0 Å². The Hall–Kier alpha value is -4.83. The summed E-state index contributed by atoms with van der Waals surface area (Å²) in [6, 6.07) is 8.38. The average Bonchev–Trinajstić information content (AvgIpc) is 3.53. The van der Waals surface area contributed by atoms with Gasteiger partial charge in [-0.2, -0.15) is 0 Å². The predicted octanol–water partition coefficient (Wildman–Crippen LogP) is 10.0. The van der Waals surface area contributed by atoms with Crippen LogP contribution in [0.25, 0.3) is 11.1 Å². The summed E-state index contributed by atoms with van der Waals surface area (Å²) in [6.07, 6.45) is 43.9. The Labute approximate surface area is 277 Å². The van der Waals surface area contributed by atoms with Gasteiger partial charge in [-0.1, -0.05) is 109 Å². The Kier molecular flexibility index (Phi) is 7.30. The van der Waals surface area contributed by atoms with Gasteiger partial charge in [0, 0.05) is 34.8 Å². The fraction of sp³-hybridized carbons (Fsp3) is 0.279. The molecule has 1 aliphatic heterocycles. The van der Waals surface area contributed by atoms with Gasteiger partial charge < -0.3 is 4.74 Å². The molecule has 0 amide bonds. The monoisotopic (exact) mass is 613 g/mol. The molecule has 9 rings (SSSR count). The van der Waals surface area contributed by atoms with E-state index in [-0.39, 0.29) is 11.8 Å². The van der Waals surface area contributed by atoms with Crippen molar-refractivity contribution in [2.24, 2.45) is 17.8 Å². The SMILES string of the molecule is C1=CCC(C2=CC(c3nc(C4=CCC5C(=C4)Oc4ccccc45)nc(C4=CC=CC(C5=CCC6CCC=CC6=C5)C4)n3)CC=C2)C=C1. The summed E-state index contributed by atoms with van der Waals surface area (Å²) in [6.45, 7) is 0. The van der Waals surface area contributed by atoms with Gasteiger partial charge in [0.15, 0.2) is 11.6 Å². The van der Waals surface area contributed by atoms with Crippen molar-refractivity contribution in [3.05, 3.63) is 167 Å². The van der Waals surface area contributed by atoms with Gasteiger partial charge in [-0.3, -0.25) is 0 Å². The molecule has 232 valence electrons. The highest BCUT2D eigenvalue weighted by molar-refractivity contribution is 5.74. The lowest BCUT2D eigenvalue weighted by Crippen LogP contribution is -2.16. The molecule has 1 aromatic carbocycles. The van der Waals surface area contributed by atoms with Gasteiger partial charge in [0.2, 0.25) is 0 Å². The lowest BCUT2D eigenvalue weighted by atomic mass is 9.77. The van der Waals surface area contributed by atoms with Crippen LogP contribution in [0.4, 0.5) is 0 Å². The minimum absolute atomic E-state index is 0.0997. The molecule has 5 unspecified atom stereocenters. The van der Waals surface area contributed by atoms with Crippen molar-refractivity contribution in [3.63, 3.8) is 0 Å². The first kappa shape index (κ1) is 28.4. The maximum atomic E-state index is 6.34. The topological polar surface area (TPSA) is 47.9 Å². The molecule has 0 N–H and O–H groups in total. The highest BCUT2D eigenvalue weighted by atomic mass is 16.5. The molecule has 0 saturated heterocycles. The number of rotatable bonds is 5. The number of hydrogen-bond acceptors (Lipinski definition) is 4. The Bertz CT molecular complexity index is 1970. The van der Waals surface area contributed by atoms with Crippen molar-refractivity contribution in [2.75, 3.05) is 0 Å². The summed E-state index contributed by atoms with van der Waals surface area (Å²) in [4.78, 5) is 15.6. The Morgan fingerprint density at radius 3 is 2.55 bits per heavy atom. The zero-order valence-electron chi connectivity index (χ0n) is 26.6. The largest absolute Gasteiger partial charge is 0.461 e. The van der Waals surface area contributed by atoms with Gasteiger partial charge in [-0.25, -0.2) is 15.0 Å². The molecule has 2 heterocycles. The number of nitrogens with zero attached hydrogens (tertiary/aromatic N) is 3. The van der Waals surface area contributed by atoms with Crippen LogP contribution in [-0.4, -0.2) is 15.0 Å². The lowest BCUT2D eigenvalue weighted by Gasteiger charge is -2.28. The summed E-state index contributed by atoms with van der Waals surface area (Å²) >= 11 is 0. The number of ether oxygens (including phenoxy) is 1. The molecule has 0 fully saturated rings. The molecule has 7 aliphatic rings. The fourth-order valence-electron chi connectivity index (χ4n) is 8.09. The van der Waals surface area contributed by atoms with E-state index in [1.807, 2.05) is 6.07 Å². The van der Waals surface area contributed by atoms with Crippen LogP contribution in [0, 0.1) is 17.8 Å². The van der Waals surface area contributed by atoms with Crippen molar-refractivity contribution in [1.82, 2.24) is 15.0 Å². The van der Waals surface area contributed by atoms with Crippen LogP contribution in [0.15, 0.2) is 144 Å². The summed E-state index contributed by atoms with van der Waals surface area (Å²) < 4.78 is 6.34. The molecular formula is C43H39N3O. The molecule has 0 bridgehead atoms. The van der Waals surface area contributed by atoms with Crippen molar-refractivity contribution >= 4 is 11.1 Å². The molecule has 0 radical (unpaired) electrons. The maximum absolute atomic E-state index is 6.34. The quantitative estimate of drug-likeness (QED) is 0.337. The second kappa shape index (κ2) is 12.1. The van der Waals surface area contributed by atoms with E-state index in [0.29, 0.717) is 17.8 Å². The summed E-state index contributed by atoms with van der Waals surface area (Å²) in [5, 5.41) is 0. The van der Waals surface area contributed by atoms with Gasteiger partial charge in [0.1, 0.15) is 17.3 Å². The van der Waals surface area contributed by atoms with Gasteiger partial charge in [0.25, 0.3) is 0 Å². The molecular weight excluding hydrogens is 574 g/mol. The van der Waals surface area contributed by atoms with E-state index in [4.69, 9.17) is 19.7 Å². The summed E-state index contributed by atoms with van der Waals surface area (Å²) in [7, 11) is 0. The Morgan fingerprint density at radius 1 is 0.702 bits per heavy atom. The van der Waals surface area contributed by atoms with E-state index in [0.717, 1.165) is 66.7 Å². The number of benzene rings is 1. The van der Waals surface area contributed by atoms with Crippen molar-refractivity contribution in [1.29, 1.82) is 0 Å². The molecule has 0 spiro atoms. The van der Waals surface area contributed by atoms with Gasteiger partial charge in [0.05, 0.1) is 0 Å². The van der Waals surface area contributed by atoms with Gasteiger partial charge in [-0.05, 0) is 85.3 Å². The minimum Gasteiger partial charge on any atom is -0.461 e. The van der Waals surface area contributed by atoms with Crippen LogP contribution in [-0.2, 0) is 0 Å². The third-order valence-electron chi connectivity index (χ3n) is 10.7.